The van der Waals surface area contributed by atoms with Gasteiger partial charge >= 0.3 is 6.18 Å². The highest BCUT2D eigenvalue weighted by Gasteiger charge is 2.33. The minimum atomic E-state index is -4.61. The van der Waals surface area contributed by atoms with Crippen LogP contribution in [0.15, 0.2) is 42.5 Å². The van der Waals surface area contributed by atoms with Crippen LogP contribution in [-0.2, 0) is 11.0 Å². The number of halogens is 5. The van der Waals surface area contributed by atoms with E-state index < -0.39 is 28.5 Å². The standard InChI is InChI=1S/C16H13ClF4N2O/c17-12-6-5-10(9-11(12)16(19,20)21)23-15(24)7-8-22-14-4-2-1-3-13(14)18/h1-6,9,22H,7-8H2,(H,23,24). The predicted molar refractivity (Wildman–Crippen MR) is 84.6 cm³/mol. The van der Waals surface area contributed by atoms with Crippen LogP contribution in [0.25, 0.3) is 0 Å². The summed E-state index contributed by atoms with van der Waals surface area (Å²) >= 11 is 5.51. The number of amides is 1. The van der Waals surface area contributed by atoms with Gasteiger partial charge in [-0.05, 0) is 30.3 Å². The summed E-state index contributed by atoms with van der Waals surface area (Å²) in [4.78, 5) is 11.8. The number of rotatable bonds is 5. The van der Waals surface area contributed by atoms with Crippen LogP contribution in [0.2, 0.25) is 5.02 Å². The van der Waals surface area contributed by atoms with E-state index in [0.29, 0.717) is 0 Å². The molecule has 0 spiro atoms. The Morgan fingerprint density at radius 3 is 2.50 bits per heavy atom. The third-order valence-electron chi connectivity index (χ3n) is 3.10. The quantitative estimate of drug-likeness (QED) is 0.742. The minimum Gasteiger partial charge on any atom is -0.382 e. The van der Waals surface area contributed by atoms with Gasteiger partial charge in [0.1, 0.15) is 5.82 Å². The molecule has 1 amide bonds. The summed E-state index contributed by atoms with van der Waals surface area (Å²) in [6, 6.07) is 9.07. The lowest BCUT2D eigenvalue weighted by Crippen LogP contribution is -2.17. The molecule has 2 N–H and O–H groups in total. The topological polar surface area (TPSA) is 41.1 Å². The Morgan fingerprint density at radius 1 is 1.12 bits per heavy atom. The molecule has 2 aromatic rings. The van der Waals surface area contributed by atoms with Gasteiger partial charge in [-0.3, -0.25) is 4.79 Å². The molecular weight excluding hydrogens is 348 g/mol. The maximum absolute atomic E-state index is 13.4. The van der Waals surface area contributed by atoms with Gasteiger partial charge in [0.2, 0.25) is 5.91 Å². The second-order valence-electron chi connectivity index (χ2n) is 4.90. The first-order valence-electron chi connectivity index (χ1n) is 6.92. The van der Waals surface area contributed by atoms with Gasteiger partial charge in [0.25, 0.3) is 0 Å². The van der Waals surface area contributed by atoms with Crippen molar-refractivity contribution in [3.05, 3.63) is 58.9 Å². The molecular formula is C16H13ClF4N2O. The predicted octanol–water partition coefficient (Wildman–Crippen LogP) is 4.94. The van der Waals surface area contributed by atoms with Crippen molar-refractivity contribution in [3.8, 4) is 0 Å². The lowest BCUT2D eigenvalue weighted by atomic mass is 10.2. The van der Waals surface area contributed by atoms with Crippen molar-refractivity contribution >= 4 is 28.9 Å². The molecule has 2 aromatic carbocycles. The van der Waals surface area contributed by atoms with Crippen LogP contribution in [0, 0.1) is 5.82 Å². The van der Waals surface area contributed by atoms with E-state index in [0.717, 1.165) is 12.1 Å². The molecule has 0 bridgehead atoms. The molecule has 0 aliphatic heterocycles. The summed E-state index contributed by atoms with van der Waals surface area (Å²) in [7, 11) is 0. The monoisotopic (exact) mass is 360 g/mol. The van der Waals surface area contributed by atoms with Crippen molar-refractivity contribution in [3.63, 3.8) is 0 Å². The summed E-state index contributed by atoms with van der Waals surface area (Å²) in [5.74, 6) is -0.959. The molecule has 3 nitrogen and oxygen atoms in total. The van der Waals surface area contributed by atoms with E-state index in [2.05, 4.69) is 10.6 Å². The fourth-order valence-corrected chi connectivity index (χ4v) is 2.18. The molecule has 2 rings (SSSR count). The second-order valence-corrected chi connectivity index (χ2v) is 5.30. The number of para-hydroxylation sites is 1. The third-order valence-corrected chi connectivity index (χ3v) is 3.43. The van der Waals surface area contributed by atoms with Gasteiger partial charge in [-0.15, -0.1) is 0 Å². The lowest BCUT2D eigenvalue weighted by molar-refractivity contribution is -0.137. The summed E-state index contributed by atoms with van der Waals surface area (Å²) in [5, 5.41) is 4.65. The molecule has 0 unspecified atom stereocenters. The van der Waals surface area contributed by atoms with Crippen molar-refractivity contribution in [2.75, 3.05) is 17.2 Å². The average Bonchev–Trinajstić information content (AvgIpc) is 2.50. The van der Waals surface area contributed by atoms with Gasteiger partial charge in [-0.1, -0.05) is 23.7 Å². The number of hydrogen-bond acceptors (Lipinski definition) is 2. The Kier molecular flexibility index (Phi) is 5.66. The van der Waals surface area contributed by atoms with Crippen LogP contribution in [-0.4, -0.2) is 12.5 Å². The van der Waals surface area contributed by atoms with Crippen molar-refractivity contribution in [1.29, 1.82) is 0 Å². The van der Waals surface area contributed by atoms with Gasteiger partial charge in [0.15, 0.2) is 0 Å². The number of carbonyl (C=O) groups is 1. The van der Waals surface area contributed by atoms with Crippen molar-refractivity contribution in [2.24, 2.45) is 0 Å². The van der Waals surface area contributed by atoms with Crippen molar-refractivity contribution < 1.29 is 22.4 Å². The first kappa shape index (κ1) is 18.1. The maximum atomic E-state index is 13.4. The van der Waals surface area contributed by atoms with Gasteiger partial charge in [0.05, 0.1) is 16.3 Å². The number of hydrogen-bond donors (Lipinski definition) is 2. The molecule has 0 atom stereocenters. The van der Waals surface area contributed by atoms with Crippen LogP contribution in [0.1, 0.15) is 12.0 Å². The maximum Gasteiger partial charge on any atom is 0.417 e. The Bertz CT molecular complexity index is 734. The lowest BCUT2D eigenvalue weighted by Gasteiger charge is -2.12. The summed E-state index contributed by atoms with van der Waals surface area (Å²) in [6.07, 6.45) is -4.65. The van der Waals surface area contributed by atoms with Crippen LogP contribution in [0.5, 0.6) is 0 Å². The van der Waals surface area contributed by atoms with Crippen LogP contribution in [0.3, 0.4) is 0 Å². The second kappa shape index (κ2) is 7.53. The molecule has 8 heteroatoms. The molecule has 0 aliphatic rings. The molecule has 0 saturated carbocycles. The molecule has 0 radical (unpaired) electrons. The van der Waals surface area contributed by atoms with Crippen molar-refractivity contribution in [1.82, 2.24) is 0 Å². The van der Waals surface area contributed by atoms with Crippen LogP contribution in [0.4, 0.5) is 28.9 Å². The van der Waals surface area contributed by atoms with E-state index in [1.165, 1.54) is 24.3 Å². The third kappa shape index (κ3) is 4.86. The normalized spacial score (nSPS) is 11.2. The van der Waals surface area contributed by atoms with Gasteiger partial charge < -0.3 is 10.6 Å². The van der Waals surface area contributed by atoms with E-state index in [1.807, 2.05) is 0 Å². The minimum absolute atomic E-state index is 0.0115. The smallest absolute Gasteiger partial charge is 0.382 e. The summed E-state index contributed by atoms with van der Waals surface area (Å²) in [6.45, 7) is 0.131. The highest BCUT2D eigenvalue weighted by Crippen LogP contribution is 2.36. The molecule has 24 heavy (non-hydrogen) atoms. The van der Waals surface area contributed by atoms with Gasteiger partial charge in [-0.2, -0.15) is 13.2 Å². The van der Waals surface area contributed by atoms with E-state index in [4.69, 9.17) is 11.6 Å². The van der Waals surface area contributed by atoms with Gasteiger partial charge in [-0.25, -0.2) is 4.39 Å². The van der Waals surface area contributed by atoms with Crippen LogP contribution < -0.4 is 10.6 Å². The largest absolute Gasteiger partial charge is 0.417 e. The van der Waals surface area contributed by atoms with E-state index in [9.17, 15) is 22.4 Å². The zero-order valence-corrected chi connectivity index (χ0v) is 13.0. The SMILES string of the molecule is O=C(CCNc1ccccc1F)Nc1ccc(Cl)c(C(F)(F)F)c1. The highest BCUT2D eigenvalue weighted by atomic mass is 35.5. The fourth-order valence-electron chi connectivity index (χ4n) is 1.96. The fraction of sp³-hybridized carbons (Fsp3) is 0.188. The molecule has 128 valence electrons. The van der Waals surface area contributed by atoms with Crippen molar-refractivity contribution in [2.45, 2.75) is 12.6 Å². The van der Waals surface area contributed by atoms with E-state index in [1.54, 1.807) is 6.07 Å². The van der Waals surface area contributed by atoms with Gasteiger partial charge in [0, 0.05) is 18.7 Å². The Hall–Kier alpha value is -2.28. The average molecular weight is 361 g/mol. The zero-order valence-electron chi connectivity index (χ0n) is 12.3. The molecule has 0 heterocycles. The Morgan fingerprint density at radius 2 is 1.83 bits per heavy atom. The number of benzene rings is 2. The molecule has 0 aromatic heterocycles. The Labute approximate surface area is 140 Å². The number of nitrogens with one attached hydrogen (secondary N) is 2. The molecule has 0 fully saturated rings. The van der Waals surface area contributed by atoms with Crippen LogP contribution >= 0.6 is 11.6 Å². The highest BCUT2D eigenvalue weighted by molar-refractivity contribution is 6.31. The molecule has 0 saturated heterocycles. The Balaban J connectivity index is 1.92. The van der Waals surface area contributed by atoms with E-state index in [-0.39, 0.29) is 24.3 Å². The zero-order chi connectivity index (χ0) is 17.7. The molecule has 0 aliphatic carbocycles. The number of anilines is 2. The number of carbonyl (C=O) groups excluding carboxylic acids is 1. The summed E-state index contributed by atoms with van der Waals surface area (Å²) in [5.41, 5.74) is -0.787. The summed E-state index contributed by atoms with van der Waals surface area (Å²) < 4.78 is 51.6. The first-order valence-corrected chi connectivity index (χ1v) is 7.30. The number of alkyl halides is 3. The first-order chi connectivity index (χ1) is 11.3. The van der Waals surface area contributed by atoms with E-state index >= 15 is 0 Å².